The van der Waals surface area contributed by atoms with Crippen LogP contribution in [0.3, 0.4) is 0 Å². The maximum absolute atomic E-state index is 5.87. The summed E-state index contributed by atoms with van der Waals surface area (Å²) < 4.78 is 5.87. The maximum Gasteiger partial charge on any atom is 0.106 e. The summed E-state index contributed by atoms with van der Waals surface area (Å²) in [5.41, 5.74) is 1.51. The predicted molar refractivity (Wildman–Crippen MR) is 70.5 cm³/mol. The van der Waals surface area contributed by atoms with Crippen molar-refractivity contribution in [2.45, 2.75) is 12.1 Å². The fourth-order valence-electron chi connectivity index (χ4n) is 2.52. The summed E-state index contributed by atoms with van der Waals surface area (Å²) in [7, 11) is 0. The van der Waals surface area contributed by atoms with Crippen molar-refractivity contribution in [1.29, 1.82) is 0 Å². The van der Waals surface area contributed by atoms with Crippen LogP contribution in [0.15, 0.2) is 30.3 Å². The number of benzene rings is 1. The molecule has 2 saturated heterocycles. The fraction of sp³-hybridized carbons (Fsp3) is 0.538. The second-order valence-corrected chi connectivity index (χ2v) is 4.83. The number of hydrogen-bond acceptors (Lipinski definition) is 3. The van der Waals surface area contributed by atoms with Crippen molar-refractivity contribution < 1.29 is 4.74 Å². The highest BCUT2D eigenvalue weighted by Gasteiger charge is 2.41. The molecule has 3 rings (SSSR count). The van der Waals surface area contributed by atoms with Gasteiger partial charge < -0.3 is 10.1 Å². The van der Waals surface area contributed by atoms with Gasteiger partial charge >= 0.3 is 0 Å². The van der Waals surface area contributed by atoms with E-state index in [4.69, 9.17) is 4.74 Å². The zero-order valence-corrected chi connectivity index (χ0v) is 10.7. The molecule has 1 N–H and O–H groups in total. The topological polar surface area (TPSA) is 24.5 Å². The first-order valence-electron chi connectivity index (χ1n) is 5.97. The lowest BCUT2D eigenvalue weighted by molar-refractivity contribution is -0.137. The van der Waals surface area contributed by atoms with Crippen molar-refractivity contribution in [3.8, 4) is 0 Å². The largest absolute Gasteiger partial charge is 0.370 e. The van der Waals surface area contributed by atoms with E-state index in [0.717, 1.165) is 39.3 Å². The van der Waals surface area contributed by atoms with E-state index in [1.54, 1.807) is 0 Å². The number of hydrogen-bond donors (Lipinski definition) is 1. The van der Waals surface area contributed by atoms with Crippen LogP contribution in [0.1, 0.15) is 5.56 Å². The van der Waals surface area contributed by atoms with Crippen LogP contribution in [0, 0.1) is 0 Å². The van der Waals surface area contributed by atoms with E-state index in [1.807, 2.05) is 0 Å². The summed E-state index contributed by atoms with van der Waals surface area (Å²) in [6.45, 7) is 6.06. The van der Waals surface area contributed by atoms with E-state index in [1.165, 1.54) is 5.56 Å². The Kier molecular flexibility index (Phi) is 4.05. The molecule has 0 unspecified atom stereocenters. The second-order valence-electron chi connectivity index (χ2n) is 4.83. The monoisotopic (exact) mass is 254 g/mol. The van der Waals surface area contributed by atoms with Crippen molar-refractivity contribution in [1.82, 2.24) is 10.2 Å². The Labute approximate surface area is 109 Å². The first-order chi connectivity index (χ1) is 7.86. The summed E-state index contributed by atoms with van der Waals surface area (Å²) in [6, 6.07) is 10.7. The third-order valence-electron chi connectivity index (χ3n) is 3.47. The van der Waals surface area contributed by atoms with E-state index in [0.29, 0.717) is 0 Å². The van der Waals surface area contributed by atoms with Gasteiger partial charge in [-0.05, 0) is 5.56 Å². The molecular weight excluding hydrogens is 236 g/mol. The standard InChI is InChI=1S/C13H18N2O.ClH/c1-2-4-12(5-3-1)8-15-6-7-16-13(11-15)9-14-10-13;/h1-5,14H,6-11H2;1H. The Morgan fingerprint density at radius 1 is 1.24 bits per heavy atom. The van der Waals surface area contributed by atoms with Crippen molar-refractivity contribution in [3.05, 3.63) is 35.9 Å². The first kappa shape index (κ1) is 12.8. The number of nitrogens with zero attached hydrogens (tertiary/aromatic N) is 1. The molecule has 2 aliphatic heterocycles. The summed E-state index contributed by atoms with van der Waals surface area (Å²) in [6.07, 6.45) is 0. The maximum atomic E-state index is 5.87. The Morgan fingerprint density at radius 3 is 2.65 bits per heavy atom. The van der Waals surface area contributed by atoms with Crippen LogP contribution in [0.4, 0.5) is 0 Å². The van der Waals surface area contributed by atoms with Gasteiger partial charge in [0.2, 0.25) is 0 Å². The molecular formula is C13H19ClN2O. The Morgan fingerprint density at radius 2 is 2.00 bits per heavy atom. The van der Waals surface area contributed by atoms with Gasteiger partial charge in [0.15, 0.2) is 0 Å². The van der Waals surface area contributed by atoms with E-state index >= 15 is 0 Å². The molecule has 1 aromatic carbocycles. The Hall–Kier alpha value is -0.610. The van der Waals surface area contributed by atoms with E-state index in [-0.39, 0.29) is 18.0 Å². The molecule has 0 amide bonds. The predicted octanol–water partition coefficient (Wildman–Crippen LogP) is 1.28. The molecule has 1 aromatic rings. The van der Waals surface area contributed by atoms with Crippen LogP contribution >= 0.6 is 12.4 Å². The van der Waals surface area contributed by atoms with Crippen molar-refractivity contribution in [2.24, 2.45) is 0 Å². The molecule has 0 aromatic heterocycles. The molecule has 2 fully saturated rings. The third-order valence-corrected chi connectivity index (χ3v) is 3.47. The highest BCUT2D eigenvalue weighted by atomic mass is 35.5. The highest BCUT2D eigenvalue weighted by Crippen LogP contribution is 2.23. The van der Waals surface area contributed by atoms with Crippen LogP contribution in [0.25, 0.3) is 0 Å². The average Bonchev–Trinajstić information content (AvgIpc) is 2.29. The molecule has 1 spiro atoms. The van der Waals surface area contributed by atoms with Gasteiger partial charge in [-0.25, -0.2) is 0 Å². The van der Waals surface area contributed by atoms with Gasteiger partial charge in [-0.1, -0.05) is 30.3 Å². The van der Waals surface area contributed by atoms with Crippen molar-refractivity contribution >= 4 is 12.4 Å². The normalized spacial score (nSPS) is 22.8. The number of rotatable bonds is 2. The molecule has 0 bridgehead atoms. The van der Waals surface area contributed by atoms with Gasteiger partial charge in [-0.3, -0.25) is 4.90 Å². The van der Waals surface area contributed by atoms with Crippen LogP contribution in [-0.2, 0) is 11.3 Å². The van der Waals surface area contributed by atoms with E-state index < -0.39 is 0 Å². The molecule has 0 aliphatic carbocycles. The van der Waals surface area contributed by atoms with Gasteiger partial charge in [0.1, 0.15) is 5.60 Å². The molecule has 17 heavy (non-hydrogen) atoms. The highest BCUT2D eigenvalue weighted by molar-refractivity contribution is 5.85. The number of halogens is 1. The molecule has 2 heterocycles. The Bertz CT molecular complexity index is 354. The minimum atomic E-state index is 0. The summed E-state index contributed by atoms with van der Waals surface area (Å²) in [5.74, 6) is 0. The van der Waals surface area contributed by atoms with Crippen LogP contribution in [0.5, 0.6) is 0 Å². The van der Waals surface area contributed by atoms with Crippen LogP contribution in [-0.4, -0.2) is 43.3 Å². The lowest BCUT2D eigenvalue weighted by atomic mass is 9.94. The lowest BCUT2D eigenvalue weighted by Crippen LogP contribution is -2.68. The molecule has 3 nitrogen and oxygen atoms in total. The van der Waals surface area contributed by atoms with Gasteiger partial charge in [0, 0.05) is 32.7 Å². The quantitative estimate of drug-likeness (QED) is 0.861. The second kappa shape index (κ2) is 5.36. The van der Waals surface area contributed by atoms with Gasteiger partial charge in [0.25, 0.3) is 0 Å². The van der Waals surface area contributed by atoms with Crippen LogP contribution in [0.2, 0.25) is 0 Å². The summed E-state index contributed by atoms with van der Waals surface area (Å²) in [4.78, 5) is 2.50. The third kappa shape index (κ3) is 2.80. The molecule has 0 atom stereocenters. The van der Waals surface area contributed by atoms with Gasteiger partial charge in [0.05, 0.1) is 6.61 Å². The number of nitrogens with one attached hydrogen (secondary N) is 1. The molecule has 4 heteroatoms. The molecule has 0 saturated carbocycles. The smallest absolute Gasteiger partial charge is 0.106 e. The number of morpholine rings is 1. The van der Waals surface area contributed by atoms with Crippen LogP contribution < -0.4 is 5.32 Å². The average molecular weight is 255 g/mol. The minimum Gasteiger partial charge on any atom is -0.370 e. The minimum absolute atomic E-state index is 0. The molecule has 2 aliphatic rings. The van der Waals surface area contributed by atoms with E-state index in [9.17, 15) is 0 Å². The SMILES string of the molecule is Cl.c1ccc(CN2CCOC3(CNC3)C2)cc1. The lowest BCUT2D eigenvalue weighted by Gasteiger charge is -2.48. The summed E-state index contributed by atoms with van der Waals surface area (Å²) in [5, 5.41) is 3.30. The molecule has 0 radical (unpaired) electrons. The van der Waals surface area contributed by atoms with Gasteiger partial charge in [-0.2, -0.15) is 0 Å². The zero-order valence-electron chi connectivity index (χ0n) is 9.89. The van der Waals surface area contributed by atoms with E-state index in [2.05, 4.69) is 40.5 Å². The first-order valence-corrected chi connectivity index (χ1v) is 5.97. The van der Waals surface area contributed by atoms with Crippen molar-refractivity contribution in [2.75, 3.05) is 32.8 Å². The van der Waals surface area contributed by atoms with Crippen molar-refractivity contribution in [3.63, 3.8) is 0 Å². The Balaban J connectivity index is 0.00000108. The number of ether oxygens (including phenoxy) is 1. The molecule has 94 valence electrons. The summed E-state index contributed by atoms with van der Waals surface area (Å²) >= 11 is 0. The fourth-order valence-corrected chi connectivity index (χ4v) is 2.52. The zero-order chi connectivity index (χ0) is 10.8. The van der Waals surface area contributed by atoms with Gasteiger partial charge in [-0.15, -0.1) is 12.4 Å².